The zero-order chi connectivity index (χ0) is 19.0. The summed E-state index contributed by atoms with van der Waals surface area (Å²) < 4.78 is 18.0. The van der Waals surface area contributed by atoms with Crippen LogP contribution in [0.3, 0.4) is 0 Å². The molecule has 2 amide bonds. The molecule has 0 N–H and O–H groups in total. The van der Waals surface area contributed by atoms with Gasteiger partial charge in [-0.1, -0.05) is 35.3 Å². The average molecular weight is 396 g/mol. The largest absolute Gasteiger partial charge is 0.459 e. The van der Waals surface area contributed by atoms with Crippen LogP contribution < -0.4 is 0 Å². The fourth-order valence-corrected chi connectivity index (χ4v) is 2.89. The van der Waals surface area contributed by atoms with Crippen LogP contribution in [-0.4, -0.2) is 28.7 Å². The van der Waals surface area contributed by atoms with Gasteiger partial charge in [-0.05, 0) is 36.8 Å². The van der Waals surface area contributed by atoms with Crippen LogP contribution >= 0.6 is 23.2 Å². The van der Waals surface area contributed by atoms with Crippen molar-refractivity contribution in [2.24, 2.45) is 0 Å². The lowest BCUT2D eigenvalue weighted by Crippen LogP contribution is -2.43. The van der Waals surface area contributed by atoms with Gasteiger partial charge in [0, 0.05) is 0 Å². The third-order valence-corrected chi connectivity index (χ3v) is 4.70. The molecule has 134 valence electrons. The van der Waals surface area contributed by atoms with Crippen molar-refractivity contribution in [1.82, 2.24) is 4.90 Å². The van der Waals surface area contributed by atoms with Gasteiger partial charge in [-0.2, -0.15) is 0 Å². The van der Waals surface area contributed by atoms with Crippen LogP contribution in [0.4, 0.5) is 4.39 Å². The summed E-state index contributed by atoms with van der Waals surface area (Å²) in [5.74, 6) is -2.46. The van der Waals surface area contributed by atoms with Crippen LogP contribution in [0.15, 0.2) is 36.4 Å². The van der Waals surface area contributed by atoms with E-state index in [0.29, 0.717) is 5.56 Å². The average Bonchev–Trinajstić information content (AvgIpc) is 2.84. The van der Waals surface area contributed by atoms with Crippen LogP contribution in [0.1, 0.15) is 33.2 Å². The van der Waals surface area contributed by atoms with Crippen LogP contribution in [0.2, 0.25) is 10.0 Å². The first-order valence-electron chi connectivity index (χ1n) is 7.57. The Morgan fingerprint density at radius 1 is 1.08 bits per heavy atom. The van der Waals surface area contributed by atoms with Gasteiger partial charge in [0.2, 0.25) is 0 Å². The zero-order valence-corrected chi connectivity index (χ0v) is 15.0. The summed E-state index contributed by atoms with van der Waals surface area (Å²) in [6.45, 7) is 1.28. The second-order valence-corrected chi connectivity index (χ2v) is 6.52. The Kier molecular flexibility index (Phi) is 4.98. The SMILES string of the molecule is CC(C(=O)OCc1ccc(F)cc1)N1C(=O)c2cc(Cl)c(Cl)cc2C1=O. The van der Waals surface area contributed by atoms with E-state index < -0.39 is 29.6 Å². The first-order valence-corrected chi connectivity index (χ1v) is 8.33. The molecule has 1 aliphatic rings. The monoisotopic (exact) mass is 395 g/mol. The van der Waals surface area contributed by atoms with Crippen LogP contribution in [0, 0.1) is 5.82 Å². The molecular formula is C18H12Cl2FNO4. The van der Waals surface area contributed by atoms with E-state index in [2.05, 4.69) is 0 Å². The van der Waals surface area contributed by atoms with E-state index in [1.54, 1.807) is 0 Å². The Labute approximate surface area is 158 Å². The topological polar surface area (TPSA) is 63.7 Å². The predicted octanol–water partition coefficient (Wildman–Crippen LogP) is 3.86. The van der Waals surface area contributed by atoms with E-state index in [1.165, 1.54) is 43.3 Å². The molecule has 1 heterocycles. The molecule has 5 nitrogen and oxygen atoms in total. The van der Waals surface area contributed by atoms with E-state index in [0.717, 1.165) is 4.90 Å². The molecule has 26 heavy (non-hydrogen) atoms. The number of hydrogen-bond donors (Lipinski definition) is 0. The molecule has 2 aromatic rings. The maximum Gasteiger partial charge on any atom is 0.329 e. The lowest BCUT2D eigenvalue weighted by molar-refractivity contribution is -0.149. The highest BCUT2D eigenvalue weighted by Gasteiger charge is 2.42. The second kappa shape index (κ2) is 7.05. The molecule has 1 unspecified atom stereocenters. The molecule has 0 radical (unpaired) electrons. The Balaban J connectivity index is 1.74. The molecule has 0 aromatic heterocycles. The molecule has 0 bridgehead atoms. The van der Waals surface area contributed by atoms with Crippen LogP contribution in [0.25, 0.3) is 0 Å². The summed E-state index contributed by atoms with van der Waals surface area (Å²) in [4.78, 5) is 38.0. The lowest BCUT2D eigenvalue weighted by atomic mass is 10.1. The van der Waals surface area contributed by atoms with Crippen molar-refractivity contribution in [2.45, 2.75) is 19.6 Å². The molecule has 2 aromatic carbocycles. The third-order valence-electron chi connectivity index (χ3n) is 3.98. The van der Waals surface area contributed by atoms with Crippen LogP contribution in [-0.2, 0) is 16.1 Å². The van der Waals surface area contributed by atoms with Crippen molar-refractivity contribution in [2.75, 3.05) is 0 Å². The normalized spacial score (nSPS) is 14.4. The van der Waals surface area contributed by atoms with Gasteiger partial charge in [-0.15, -0.1) is 0 Å². The Bertz CT molecular complexity index is 873. The number of nitrogens with zero attached hydrogens (tertiary/aromatic N) is 1. The molecule has 8 heteroatoms. The second-order valence-electron chi connectivity index (χ2n) is 5.70. The molecule has 0 aliphatic carbocycles. The first kappa shape index (κ1) is 18.4. The number of carbonyl (C=O) groups is 3. The number of halogens is 3. The molecule has 3 rings (SSSR count). The Morgan fingerprint density at radius 2 is 1.58 bits per heavy atom. The number of imide groups is 1. The number of hydrogen-bond acceptors (Lipinski definition) is 4. The zero-order valence-electron chi connectivity index (χ0n) is 13.5. The molecule has 1 atom stereocenters. The van der Waals surface area contributed by atoms with E-state index in [9.17, 15) is 18.8 Å². The first-order chi connectivity index (χ1) is 12.3. The summed E-state index contributed by atoms with van der Waals surface area (Å²) >= 11 is 11.8. The van der Waals surface area contributed by atoms with Crippen molar-refractivity contribution in [3.05, 3.63) is 69.0 Å². The number of fused-ring (bicyclic) bond motifs is 1. The summed E-state index contributed by atoms with van der Waals surface area (Å²) in [5, 5.41) is 0.278. The Hall–Kier alpha value is -2.44. The van der Waals surface area contributed by atoms with Gasteiger partial charge < -0.3 is 4.74 Å². The minimum absolute atomic E-state index is 0.0857. The number of amides is 2. The highest BCUT2D eigenvalue weighted by atomic mass is 35.5. The minimum atomic E-state index is -1.14. The van der Waals surface area contributed by atoms with Gasteiger partial charge in [0.15, 0.2) is 0 Å². The molecule has 0 fully saturated rings. The van der Waals surface area contributed by atoms with Crippen molar-refractivity contribution < 1.29 is 23.5 Å². The standard InChI is InChI=1S/C18H12Cl2FNO4/c1-9(18(25)26-8-10-2-4-11(21)5-3-10)22-16(23)12-6-14(19)15(20)7-13(12)17(22)24/h2-7,9H,8H2,1H3. The van der Waals surface area contributed by atoms with Gasteiger partial charge in [0.1, 0.15) is 18.5 Å². The van der Waals surface area contributed by atoms with Crippen molar-refractivity contribution in [3.63, 3.8) is 0 Å². The number of rotatable bonds is 4. The van der Waals surface area contributed by atoms with Crippen molar-refractivity contribution in [3.8, 4) is 0 Å². The molecular weight excluding hydrogens is 384 g/mol. The van der Waals surface area contributed by atoms with Gasteiger partial charge in [0.05, 0.1) is 21.2 Å². The fraction of sp³-hybridized carbons (Fsp3) is 0.167. The third kappa shape index (κ3) is 3.30. The molecule has 0 spiro atoms. The van der Waals surface area contributed by atoms with Crippen molar-refractivity contribution in [1.29, 1.82) is 0 Å². The maximum atomic E-state index is 12.9. The molecule has 0 saturated carbocycles. The van der Waals surface area contributed by atoms with E-state index in [1.807, 2.05) is 0 Å². The predicted molar refractivity (Wildman–Crippen MR) is 92.6 cm³/mol. The van der Waals surface area contributed by atoms with Gasteiger partial charge >= 0.3 is 5.97 Å². The summed E-state index contributed by atoms with van der Waals surface area (Å²) in [6, 6.07) is 6.89. The molecule has 0 saturated heterocycles. The smallest absolute Gasteiger partial charge is 0.329 e. The maximum absolute atomic E-state index is 12.9. The van der Waals surface area contributed by atoms with Gasteiger partial charge in [-0.25, -0.2) is 9.18 Å². The van der Waals surface area contributed by atoms with E-state index >= 15 is 0 Å². The number of esters is 1. The summed E-state index contributed by atoms with van der Waals surface area (Å²) in [7, 11) is 0. The number of carbonyl (C=O) groups excluding carboxylic acids is 3. The minimum Gasteiger partial charge on any atom is -0.459 e. The van der Waals surface area contributed by atoms with Crippen LogP contribution in [0.5, 0.6) is 0 Å². The summed E-state index contributed by atoms with van der Waals surface area (Å²) in [5.41, 5.74) is 0.748. The summed E-state index contributed by atoms with van der Waals surface area (Å²) in [6.07, 6.45) is 0. The van der Waals surface area contributed by atoms with E-state index in [4.69, 9.17) is 27.9 Å². The number of ether oxygens (including phenoxy) is 1. The highest BCUT2D eigenvalue weighted by Crippen LogP contribution is 2.32. The van der Waals surface area contributed by atoms with Gasteiger partial charge in [-0.3, -0.25) is 14.5 Å². The van der Waals surface area contributed by atoms with Gasteiger partial charge in [0.25, 0.3) is 11.8 Å². The van der Waals surface area contributed by atoms with Crippen molar-refractivity contribution >= 4 is 41.0 Å². The lowest BCUT2D eigenvalue weighted by Gasteiger charge is -2.20. The highest BCUT2D eigenvalue weighted by molar-refractivity contribution is 6.43. The number of benzene rings is 2. The van der Waals surface area contributed by atoms with E-state index in [-0.39, 0.29) is 27.8 Å². The Morgan fingerprint density at radius 3 is 2.08 bits per heavy atom. The fourth-order valence-electron chi connectivity index (χ4n) is 2.57. The molecule has 1 aliphatic heterocycles. The quantitative estimate of drug-likeness (QED) is 0.582.